The number of carbonyl (C=O) groups is 1. The lowest BCUT2D eigenvalue weighted by atomic mass is 10.0. The molecule has 1 atom stereocenters. The summed E-state index contributed by atoms with van der Waals surface area (Å²) in [6.45, 7) is 8.46. The second-order valence-electron chi connectivity index (χ2n) is 6.44. The first-order valence-electron chi connectivity index (χ1n) is 8.44. The molecule has 0 fully saturated rings. The molecule has 0 aliphatic heterocycles. The Morgan fingerprint density at radius 1 is 1.16 bits per heavy atom. The minimum atomic E-state index is -3.96. The van der Waals surface area contributed by atoms with Crippen LogP contribution in [-0.4, -0.2) is 35.5 Å². The Labute approximate surface area is 150 Å². The zero-order chi connectivity index (χ0) is 19.3. The van der Waals surface area contributed by atoms with Crippen molar-refractivity contribution in [3.63, 3.8) is 0 Å². The molecule has 0 saturated carbocycles. The predicted octanol–water partition coefficient (Wildman–Crippen LogP) is 4.41. The largest absolute Gasteiger partial charge is 0.496 e. The van der Waals surface area contributed by atoms with Crippen molar-refractivity contribution in [1.29, 1.82) is 0 Å². The van der Waals surface area contributed by atoms with Gasteiger partial charge >= 0.3 is 7.60 Å². The Bertz CT molecular complexity index is 614. The second-order valence-corrected chi connectivity index (χ2v) is 8.69. The molecule has 142 valence electrons. The first kappa shape index (κ1) is 21.8. The van der Waals surface area contributed by atoms with Crippen LogP contribution >= 0.6 is 7.60 Å². The average molecular weight is 372 g/mol. The molecule has 7 heteroatoms. The van der Waals surface area contributed by atoms with Crippen molar-refractivity contribution in [2.45, 2.75) is 65.0 Å². The van der Waals surface area contributed by atoms with Gasteiger partial charge in [0.05, 0.1) is 31.3 Å². The summed E-state index contributed by atoms with van der Waals surface area (Å²) in [7, 11) is -2.49. The van der Waals surface area contributed by atoms with Crippen LogP contribution in [0.2, 0.25) is 0 Å². The monoisotopic (exact) mass is 372 g/mol. The number of hydrogen-bond acceptors (Lipinski definition) is 6. The molecule has 1 N–H and O–H groups in total. The number of para-hydroxylation sites is 1. The first-order valence-corrected chi connectivity index (χ1v) is 9.98. The average Bonchev–Trinajstić information content (AvgIpc) is 2.52. The molecule has 6 nitrogen and oxygen atoms in total. The van der Waals surface area contributed by atoms with Crippen LogP contribution < -0.4 is 4.74 Å². The number of hydrogen-bond donors (Lipinski definition) is 1. The molecule has 1 aromatic rings. The molecule has 0 aliphatic carbocycles. The number of carbonyl (C=O) groups excluding carboxylic acids is 1. The van der Waals surface area contributed by atoms with Gasteiger partial charge in [-0.2, -0.15) is 0 Å². The van der Waals surface area contributed by atoms with Crippen molar-refractivity contribution >= 4 is 13.4 Å². The van der Waals surface area contributed by atoms with Crippen LogP contribution in [0.1, 0.15) is 57.8 Å². The van der Waals surface area contributed by atoms with Gasteiger partial charge in [0.15, 0.2) is 11.1 Å². The van der Waals surface area contributed by atoms with Crippen molar-refractivity contribution in [2.75, 3.05) is 7.11 Å². The number of Topliss-reactive ketones (excluding diaryl/α,β-unsaturated/α-hetero) is 1. The van der Waals surface area contributed by atoms with Gasteiger partial charge in [0, 0.05) is 0 Å². The molecule has 1 rings (SSSR count). The SMILES string of the molecule is CC[C@](O)(CC(=O)c1ccccc1OC)P(=O)(OC(C)C)OC(C)C. The maximum absolute atomic E-state index is 13.3. The van der Waals surface area contributed by atoms with Crippen LogP contribution in [0.25, 0.3) is 0 Å². The smallest absolute Gasteiger partial charge is 0.362 e. The third-order valence-electron chi connectivity index (χ3n) is 3.63. The van der Waals surface area contributed by atoms with Crippen LogP contribution in [0.5, 0.6) is 5.75 Å². The molecule has 0 unspecified atom stereocenters. The van der Waals surface area contributed by atoms with Crippen molar-refractivity contribution in [3.8, 4) is 5.75 Å². The van der Waals surface area contributed by atoms with E-state index in [4.69, 9.17) is 13.8 Å². The minimum absolute atomic E-state index is 0.0462. The van der Waals surface area contributed by atoms with Gasteiger partial charge in [0.1, 0.15) is 5.75 Å². The highest BCUT2D eigenvalue weighted by Crippen LogP contribution is 2.63. The number of benzene rings is 1. The summed E-state index contributed by atoms with van der Waals surface area (Å²) in [6.07, 6.45) is -1.20. The van der Waals surface area contributed by atoms with Crippen LogP contribution in [0, 0.1) is 0 Å². The fraction of sp³-hybridized carbons (Fsp3) is 0.611. The fourth-order valence-corrected chi connectivity index (χ4v) is 4.70. The van der Waals surface area contributed by atoms with E-state index in [2.05, 4.69) is 0 Å². The van der Waals surface area contributed by atoms with Gasteiger partial charge in [-0.15, -0.1) is 0 Å². The molecule has 0 bridgehead atoms. The van der Waals surface area contributed by atoms with E-state index in [1.54, 1.807) is 58.9 Å². The summed E-state index contributed by atoms with van der Waals surface area (Å²) in [6, 6.07) is 6.72. The molecular weight excluding hydrogens is 343 g/mol. The van der Waals surface area contributed by atoms with E-state index < -0.39 is 25.1 Å². The summed E-state index contributed by atoms with van der Waals surface area (Å²) in [5.41, 5.74) is 0.317. The second kappa shape index (κ2) is 8.95. The lowest BCUT2D eigenvalue weighted by Crippen LogP contribution is -2.34. The summed E-state index contributed by atoms with van der Waals surface area (Å²) in [5, 5.41) is 9.14. The topological polar surface area (TPSA) is 82.1 Å². The van der Waals surface area contributed by atoms with Crippen LogP contribution in [0.15, 0.2) is 24.3 Å². The van der Waals surface area contributed by atoms with Crippen molar-refractivity contribution in [3.05, 3.63) is 29.8 Å². The fourth-order valence-electron chi connectivity index (χ4n) is 2.42. The Balaban J connectivity index is 3.22. The Hall–Kier alpha value is -1.20. The maximum atomic E-state index is 13.3. The Morgan fingerprint density at radius 2 is 1.68 bits per heavy atom. The minimum Gasteiger partial charge on any atom is -0.496 e. The molecule has 0 radical (unpaired) electrons. The van der Waals surface area contributed by atoms with E-state index in [9.17, 15) is 14.5 Å². The van der Waals surface area contributed by atoms with Gasteiger partial charge < -0.3 is 18.9 Å². The van der Waals surface area contributed by atoms with Gasteiger partial charge in [-0.25, -0.2) is 0 Å². The van der Waals surface area contributed by atoms with E-state index in [1.807, 2.05) is 0 Å². The van der Waals surface area contributed by atoms with Crippen LogP contribution in [0.4, 0.5) is 0 Å². The predicted molar refractivity (Wildman–Crippen MR) is 97.2 cm³/mol. The maximum Gasteiger partial charge on any atom is 0.362 e. The van der Waals surface area contributed by atoms with Gasteiger partial charge in [-0.05, 0) is 46.2 Å². The molecule has 0 spiro atoms. The van der Waals surface area contributed by atoms with Gasteiger partial charge in [-0.3, -0.25) is 9.36 Å². The molecule has 0 saturated heterocycles. The number of ketones is 1. The van der Waals surface area contributed by atoms with E-state index in [0.29, 0.717) is 11.3 Å². The number of methoxy groups -OCH3 is 1. The summed E-state index contributed by atoms with van der Waals surface area (Å²) in [4.78, 5) is 12.7. The molecule has 0 aromatic heterocycles. The molecule has 0 aliphatic rings. The molecule has 0 amide bonds. The van der Waals surface area contributed by atoms with E-state index in [-0.39, 0.29) is 18.6 Å². The zero-order valence-electron chi connectivity index (χ0n) is 15.8. The highest BCUT2D eigenvalue weighted by atomic mass is 31.2. The Morgan fingerprint density at radius 3 is 2.12 bits per heavy atom. The van der Waals surface area contributed by atoms with Gasteiger partial charge in [0.25, 0.3) is 0 Å². The number of rotatable bonds is 10. The molecule has 1 aromatic carbocycles. The molecular formula is C18H29O6P. The lowest BCUT2D eigenvalue weighted by molar-refractivity contribution is 0.0343. The third-order valence-corrected chi connectivity index (χ3v) is 6.52. The number of ether oxygens (including phenoxy) is 1. The molecule has 0 heterocycles. The highest BCUT2D eigenvalue weighted by Gasteiger charge is 2.51. The summed E-state index contributed by atoms with van der Waals surface area (Å²) < 4.78 is 29.5. The summed E-state index contributed by atoms with van der Waals surface area (Å²) in [5.74, 6) is 0.0112. The van der Waals surface area contributed by atoms with E-state index in [1.165, 1.54) is 7.11 Å². The standard InChI is InChI=1S/C18H29O6P/c1-7-18(20,25(21,23-13(2)3)24-14(4)5)12-16(19)15-10-8-9-11-17(15)22-6/h8-11,13-14,20H,7,12H2,1-6H3/t18-/m1/s1. The first-order chi connectivity index (χ1) is 11.6. The summed E-state index contributed by atoms with van der Waals surface area (Å²) >= 11 is 0. The van der Waals surface area contributed by atoms with Crippen molar-refractivity contribution < 1.29 is 28.3 Å². The van der Waals surface area contributed by atoms with Crippen molar-refractivity contribution in [2.24, 2.45) is 0 Å². The quantitative estimate of drug-likeness (QED) is 0.484. The van der Waals surface area contributed by atoms with Crippen molar-refractivity contribution in [1.82, 2.24) is 0 Å². The van der Waals surface area contributed by atoms with E-state index >= 15 is 0 Å². The zero-order valence-corrected chi connectivity index (χ0v) is 16.7. The van der Waals surface area contributed by atoms with Gasteiger partial charge in [0.2, 0.25) is 0 Å². The van der Waals surface area contributed by atoms with Crippen LogP contribution in [0.3, 0.4) is 0 Å². The Kier molecular flexibility index (Phi) is 7.82. The third kappa shape index (κ3) is 5.38. The van der Waals surface area contributed by atoms with E-state index in [0.717, 1.165) is 0 Å². The highest BCUT2D eigenvalue weighted by molar-refractivity contribution is 7.55. The molecule has 25 heavy (non-hydrogen) atoms. The van der Waals surface area contributed by atoms with Gasteiger partial charge in [-0.1, -0.05) is 19.1 Å². The number of aliphatic hydroxyl groups is 1. The lowest BCUT2D eigenvalue weighted by Gasteiger charge is -2.35. The normalized spacial score (nSPS) is 14.6. The van der Waals surface area contributed by atoms with Crippen LogP contribution in [-0.2, 0) is 13.6 Å².